The van der Waals surface area contributed by atoms with Gasteiger partial charge in [-0.05, 0) is 44.1 Å². The standard InChI is InChI=1S/C13H22N2O/c1-9(10-2-3-10)13(16)15-7-5-12-11(8-15)4-6-14-12/h9-12,14H,2-8H2,1H3. The molecule has 2 saturated heterocycles. The normalized spacial score (nSPS) is 35.9. The fourth-order valence-electron chi connectivity index (χ4n) is 3.33. The predicted molar refractivity (Wildman–Crippen MR) is 63.0 cm³/mol. The van der Waals surface area contributed by atoms with Crippen LogP contribution in [0, 0.1) is 17.8 Å². The molecule has 0 aromatic carbocycles. The minimum Gasteiger partial charge on any atom is -0.342 e. The molecular formula is C13H22N2O. The van der Waals surface area contributed by atoms with Crippen molar-refractivity contribution in [3.05, 3.63) is 0 Å². The first kappa shape index (κ1) is 10.6. The topological polar surface area (TPSA) is 32.3 Å². The van der Waals surface area contributed by atoms with Crippen molar-refractivity contribution in [3.8, 4) is 0 Å². The van der Waals surface area contributed by atoms with Crippen molar-refractivity contribution in [2.45, 2.75) is 38.6 Å². The lowest BCUT2D eigenvalue weighted by Crippen LogP contribution is -2.48. The maximum atomic E-state index is 12.3. The molecule has 0 aromatic heterocycles. The van der Waals surface area contributed by atoms with Crippen molar-refractivity contribution < 1.29 is 4.79 Å². The molecule has 3 atom stereocenters. The van der Waals surface area contributed by atoms with E-state index in [9.17, 15) is 4.79 Å². The number of hydrogen-bond acceptors (Lipinski definition) is 2. The van der Waals surface area contributed by atoms with E-state index in [1.807, 2.05) is 0 Å². The van der Waals surface area contributed by atoms with E-state index < -0.39 is 0 Å². The van der Waals surface area contributed by atoms with Gasteiger partial charge in [-0.2, -0.15) is 0 Å². The van der Waals surface area contributed by atoms with Gasteiger partial charge in [-0.15, -0.1) is 0 Å². The van der Waals surface area contributed by atoms with Gasteiger partial charge in [0.05, 0.1) is 0 Å². The van der Waals surface area contributed by atoms with Crippen LogP contribution in [0.15, 0.2) is 0 Å². The number of amides is 1. The first-order valence-corrected chi connectivity index (χ1v) is 6.78. The van der Waals surface area contributed by atoms with Crippen LogP contribution < -0.4 is 5.32 Å². The molecule has 2 aliphatic heterocycles. The van der Waals surface area contributed by atoms with Gasteiger partial charge in [0.25, 0.3) is 0 Å². The highest BCUT2D eigenvalue weighted by atomic mass is 16.2. The quantitative estimate of drug-likeness (QED) is 0.762. The van der Waals surface area contributed by atoms with Crippen LogP contribution in [0.3, 0.4) is 0 Å². The van der Waals surface area contributed by atoms with E-state index in [0.29, 0.717) is 17.9 Å². The number of likely N-dealkylation sites (tertiary alicyclic amines) is 1. The second kappa shape index (κ2) is 4.02. The molecule has 0 aromatic rings. The van der Waals surface area contributed by atoms with E-state index in [1.165, 1.54) is 19.3 Å². The van der Waals surface area contributed by atoms with Crippen LogP contribution in [-0.2, 0) is 4.79 Å². The minimum absolute atomic E-state index is 0.283. The number of carbonyl (C=O) groups excluding carboxylic acids is 1. The largest absolute Gasteiger partial charge is 0.342 e. The number of nitrogens with zero attached hydrogens (tertiary/aromatic N) is 1. The molecule has 3 fully saturated rings. The molecule has 3 heteroatoms. The van der Waals surface area contributed by atoms with Gasteiger partial charge in [0.1, 0.15) is 0 Å². The van der Waals surface area contributed by atoms with Gasteiger partial charge in [0.2, 0.25) is 5.91 Å². The fourth-order valence-corrected chi connectivity index (χ4v) is 3.33. The molecule has 0 radical (unpaired) electrons. The summed E-state index contributed by atoms with van der Waals surface area (Å²) in [5.74, 6) is 2.13. The molecule has 0 bridgehead atoms. The van der Waals surface area contributed by atoms with Crippen molar-refractivity contribution in [3.63, 3.8) is 0 Å². The third kappa shape index (κ3) is 1.86. The van der Waals surface area contributed by atoms with Crippen molar-refractivity contribution in [2.24, 2.45) is 17.8 Å². The zero-order valence-electron chi connectivity index (χ0n) is 10.1. The van der Waals surface area contributed by atoms with Gasteiger partial charge in [-0.3, -0.25) is 4.79 Å². The highest BCUT2D eigenvalue weighted by Gasteiger charge is 2.39. The molecule has 16 heavy (non-hydrogen) atoms. The Morgan fingerprint density at radius 1 is 1.31 bits per heavy atom. The summed E-state index contributed by atoms with van der Waals surface area (Å²) in [6, 6.07) is 0.695. The Morgan fingerprint density at radius 2 is 2.12 bits per heavy atom. The van der Waals surface area contributed by atoms with Crippen molar-refractivity contribution >= 4 is 5.91 Å². The third-order valence-electron chi connectivity index (χ3n) is 4.69. The lowest BCUT2D eigenvalue weighted by molar-refractivity contribution is -0.137. The molecule has 3 nitrogen and oxygen atoms in total. The lowest BCUT2D eigenvalue weighted by Gasteiger charge is -2.36. The Balaban J connectivity index is 1.60. The van der Waals surface area contributed by atoms with Crippen LogP contribution in [0.4, 0.5) is 0 Å². The van der Waals surface area contributed by atoms with Gasteiger partial charge >= 0.3 is 0 Å². The summed E-state index contributed by atoms with van der Waals surface area (Å²) < 4.78 is 0. The average Bonchev–Trinajstić information content (AvgIpc) is 3.05. The van der Waals surface area contributed by atoms with Gasteiger partial charge < -0.3 is 10.2 Å². The van der Waals surface area contributed by atoms with Crippen LogP contribution in [0.25, 0.3) is 0 Å². The molecular weight excluding hydrogens is 200 g/mol. The molecule has 1 amide bonds. The van der Waals surface area contributed by atoms with Crippen molar-refractivity contribution in [1.29, 1.82) is 0 Å². The fraction of sp³-hybridized carbons (Fsp3) is 0.923. The van der Waals surface area contributed by atoms with Crippen molar-refractivity contribution in [1.82, 2.24) is 10.2 Å². The minimum atomic E-state index is 0.283. The maximum absolute atomic E-state index is 12.3. The summed E-state index contributed by atoms with van der Waals surface area (Å²) in [7, 11) is 0. The van der Waals surface area contributed by atoms with E-state index in [4.69, 9.17) is 0 Å². The van der Waals surface area contributed by atoms with Crippen LogP contribution in [0.1, 0.15) is 32.6 Å². The SMILES string of the molecule is CC(C(=O)N1CCC2NCCC2C1)C1CC1. The Hall–Kier alpha value is -0.570. The van der Waals surface area contributed by atoms with Crippen molar-refractivity contribution in [2.75, 3.05) is 19.6 Å². The smallest absolute Gasteiger partial charge is 0.225 e. The molecule has 3 aliphatic rings. The zero-order valence-corrected chi connectivity index (χ0v) is 10.1. The molecule has 1 N–H and O–H groups in total. The van der Waals surface area contributed by atoms with Crippen LogP contribution in [-0.4, -0.2) is 36.5 Å². The predicted octanol–water partition coefficient (Wildman–Crippen LogP) is 1.24. The monoisotopic (exact) mass is 222 g/mol. The Labute approximate surface area is 97.6 Å². The van der Waals surface area contributed by atoms with E-state index in [2.05, 4.69) is 17.1 Å². The summed E-state index contributed by atoms with van der Waals surface area (Å²) in [6.07, 6.45) is 4.96. The molecule has 1 saturated carbocycles. The average molecular weight is 222 g/mol. The third-order valence-corrected chi connectivity index (χ3v) is 4.69. The molecule has 3 rings (SSSR count). The van der Waals surface area contributed by atoms with E-state index in [1.54, 1.807) is 0 Å². The van der Waals surface area contributed by atoms with E-state index in [-0.39, 0.29) is 5.92 Å². The first-order valence-electron chi connectivity index (χ1n) is 6.78. The number of nitrogens with one attached hydrogen (secondary N) is 1. The second-order valence-corrected chi connectivity index (χ2v) is 5.81. The molecule has 3 unspecified atom stereocenters. The van der Waals surface area contributed by atoms with Crippen LogP contribution in [0.5, 0.6) is 0 Å². The summed E-state index contributed by atoms with van der Waals surface area (Å²) in [5, 5.41) is 3.54. The number of piperidine rings is 1. The summed E-state index contributed by atoms with van der Waals surface area (Å²) in [6.45, 7) is 5.26. The van der Waals surface area contributed by atoms with Crippen LogP contribution >= 0.6 is 0 Å². The van der Waals surface area contributed by atoms with Gasteiger partial charge in [-0.25, -0.2) is 0 Å². The Kier molecular flexibility index (Phi) is 2.66. The molecule has 2 heterocycles. The Morgan fingerprint density at radius 3 is 2.88 bits per heavy atom. The first-order chi connectivity index (χ1) is 7.75. The second-order valence-electron chi connectivity index (χ2n) is 5.81. The van der Waals surface area contributed by atoms with E-state index in [0.717, 1.165) is 32.0 Å². The number of hydrogen-bond donors (Lipinski definition) is 1. The highest BCUT2D eigenvalue weighted by Crippen LogP contribution is 2.38. The molecule has 90 valence electrons. The Bertz CT molecular complexity index is 288. The number of fused-ring (bicyclic) bond motifs is 1. The van der Waals surface area contributed by atoms with Gasteiger partial charge in [-0.1, -0.05) is 6.92 Å². The zero-order chi connectivity index (χ0) is 11.1. The number of rotatable bonds is 2. The summed E-state index contributed by atoms with van der Waals surface area (Å²) in [4.78, 5) is 14.4. The van der Waals surface area contributed by atoms with Gasteiger partial charge in [0, 0.05) is 25.0 Å². The summed E-state index contributed by atoms with van der Waals surface area (Å²) >= 11 is 0. The molecule has 0 spiro atoms. The van der Waals surface area contributed by atoms with E-state index >= 15 is 0 Å². The maximum Gasteiger partial charge on any atom is 0.225 e. The molecule has 1 aliphatic carbocycles. The lowest BCUT2D eigenvalue weighted by atomic mass is 9.92. The van der Waals surface area contributed by atoms with Gasteiger partial charge in [0.15, 0.2) is 0 Å². The van der Waals surface area contributed by atoms with Crippen LogP contribution in [0.2, 0.25) is 0 Å². The summed E-state index contributed by atoms with van der Waals surface area (Å²) in [5.41, 5.74) is 0. The number of carbonyl (C=O) groups is 1. The highest BCUT2D eigenvalue weighted by molar-refractivity contribution is 5.79.